The van der Waals surface area contributed by atoms with Crippen LogP contribution in [-0.2, 0) is 11.2 Å². The van der Waals surface area contributed by atoms with Crippen molar-refractivity contribution in [1.29, 1.82) is 0 Å². The second-order valence-corrected chi connectivity index (χ2v) is 10.8. The molecule has 3 aliphatic carbocycles. The summed E-state index contributed by atoms with van der Waals surface area (Å²) < 4.78 is 0. The molecule has 1 aromatic rings. The van der Waals surface area contributed by atoms with E-state index in [1.807, 2.05) is 18.0 Å². The largest absolute Gasteiger partial charge is 0.393 e. The number of hydrogen-bond donors (Lipinski definition) is 1. The minimum Gasteiger partial charge on any atom is -0.393 e. The van der Waals surface area contributed by atoms with Gasteiger partial charge in [0, 0.05) is 18.5 Å². The van der Waals surface area contributed by atoms with Gasteiger partial charge in [-0.05, 0) is 79.3 Å². The number of rotatable bonds is 2. The van der Waals surface area contributed by atoms with Crippen LogP contribution in [-0.4, -0.2) is 35.1 Å². The zero-order chi connectivity index (χ0) is 20.4. The van der Waals surface area contributed by atoms with Crippen LogP contribution in [0.1, 0.15) is 51.5 Å². The van der Waals surface area contributed by atoms with Crippen molar-refractivity contribution >= 4 is 5.91 Å². The van der Waals surface area contributed by atoms with Crippen molar-refractivity contribution in [3.8, 4) is 0 Å². The predicted molar refractivity (Wildman–Crippen MR) is 115 cm³/mol. The van der Waals surface area contributed by atoms with E-state index in [4.69, 9.17) is 0 Å². The van der Waals surface area contributed by atoms with Crippen LogP contribution in [0.2, 0.25) is 0 Å². The minimum absolute atomic E-state index is 0.0277. The smallest absolute Gasteiger partial charge is 0.246 e. The predicted octanol–water partition coefficient (Wildman–Crippen LogP) is 4.46. The van der Waals surface area contributed by atoms with Gasteiger partial charge in [0.05, 0.1) is 6.10 Å². The average molecular weight is 394 g/mol. The average Bonchev–Trinajstić information content (AvgIpc) is 3.01. The first-order valence-corrected chi connectivity index (χ1v) is 11.5. The van der Waals surface area contributed by atoms with Gasteiger partial charge in [0.1, 0.15) is 0 Å². The van der Waals surface area contributed by atoms with Crippen molar-refractivity contribution in [2.24, 2.45) is 34.5 Å². The van der Waals surface area contributed by atoms with Gasteiger partial charge in [-0.15, -0.1) is 0 Å². The van der Waals surface area contributed by atoms with Crippen LogP contribution < -0.4 is 0 Å². The second kappa shape index (κ2) is 6.70. The number of amides is 1. The molecule has 1 heterocycles. The highest BCUT2D eigenvalue weighted by Gasteiger charge is 2.62. The van der Waals surface area contributed by atoms with Gasteiger partial charge in [0.15, 0.2) is 0 Å². The van der Waals surface area contributed by atoms with Crippen molar-refractivity contribution in [3.63, 3.8) is 0 Å². The lowest BCUT2D eigenvalue weighted by Crippen LogP contribution is -2.63. The lowest BCUT2D eigenvalue weighted by atomic mass is 9.46. The molecule has 1 N–H and O–H groups in total. The number of benzene rings is 1. The first kappa shape index (κ1) is 19.4. The van der Waals surface area contributed by atoms with E-state index in [9.17, 15) is 9.90 Å². The molecule has 3 heteroatoms. The molecular formula is C26H35NO2. The van der Waals surface area contributed by atoms with Gasteiger partial charge in [-0.25, -0.2) is 0 Å². The first-order valence-electron chi connectivity index (χ1n) is 11.5. The molecule has 0 aromatic heterocycles. The fourth-order valence-corrected chi connectivity index (χ4v) is 8.14. The Morgan fingerprint density at radius 2 is 1.86 bits per heavy atom. The van der Waals surface area contributed by atoms with E-state index in [0.29, 0.717) is 23.7 Å². The molecule has 0 spiro atoms. The third kappa shape index (κ3) is 2.76. The lowest BCUT2D eigenvalue weighted by Gasteiger charge is -2.62. The van der Waals surface area contributed by atoms with Gasteiger partial charge in [0.25, 0.3) is 0 Å². The molecule has 1 aromatic carbocycles. The van der Waals surface area contributed by atoms with E-state index in [1.54, 1.807) is 0 Å². The lowest BCUT2D eigenvalue weighted by molar-refractivity contribution is -0.148. The maximum absolute atomic E-state index is 12.6. The first-order chi connectivity index (χ1) is 13.8. The van der Waals surface area contributed by atoms with Crippen LogP contribution in [0, 0.1) is 34.5 Å². The van der Waals surface area contributed by atoms with Crippen molar-refractivity contribution in [3.05, 3.63) is 48.0 Å². The van der Waals surface area contributed by atoms with Crippen molar-refractivity contribution < 1.29 is 9.90 Å². The number of fused-ring (bicyclic) bond motifs is 5. The van der Waals surface area contributed by atoms with E-state index >= 15 is 0 Å². The van der Waals surface area contributed by atoms with Gasteiger partial charge in [0.2, 0.25) is 5.91 Å². The molecule has 5 rings (SSSR count). The summed E-state index contributed by atoms with van der Waals surface area (Å²) in [5, 5.41) is 10.8. The molecule has 0 unspecified atom stereocenters. The normalized spacial score (nSPS) is 46.2. The molecule has 29 heavy (non-hydrogen) atoms. The summed E-state index contributed by atoms with van der Waals surface area (Å²) in [5.41, 5.74) is 1.49. The SMILES string of the molecule is CN1C(=O)C=C[C@]2(C)[C@H]3CC[C@]4(C)[C@@H](O)CC[C@H]4[C@@H]3C[C@H](Cc3ccccc3)[C@@H]12. The van der Waals surface area contributed by atoms with Crippen LogP contribution in [0.25, 0.3) is 0 Å². The quantitative estimate of drug-likeness (QED) is 0.806. The third-order valence-corrected chi connectivity index (χ3v) is 9.54. The van der Waals surface area contributed by atoms with Crippen molar-refractivity contribution in [2.45, 2.75) is 64.5 Å². The molecule has 8 atom stereocenters. The molecule has 0 bridgehead atoms. The van der Waals surface area contributed by atoms with E-state index in [2.05, 4.69) is 50.3 Å². The van der Waals surface area contributed by atoms with E-state index in [-0.39, 0.29) is 28.9 Å². The fourth-order valence-electron chi connectivity index (χ4n) is 8.14. The Morgan fingerprint density at radius 3 is 2.62 bits per heavy atom. The Kier molecular flexibility index (Phi) is 4.47. The molecule has 0 radical (unpaired) electrons. The summed E-state index contributed by atoms with van der Waals surface area (Å²) in [6.07, 6.45) is 10.6. The molecule has 3 fully saturated rings. The monoisotopic (exact) mass is 393 g/mol. The molecular weight excluding hydrogens is 358 g/mol. The van der Waals surface area contributed by atoms with Crippen molar-refractivity contribution in [2.75, 3.05) is 7.05 Å². The Hall–Kier alpha value is -1.61. The zero-order valence-electron chi connectivity index (χ0n) is 18.1. The molecule has 1 aliphatic heterocycles. The Balaban J connectivity index is 1.55. The van der Waals surface area contributed by atoms with Crippen LogP contribution in [0.15, 0.2) is 42.5 Å². The number of nitrogens with zero attached hydrogens (tertiary/aromatic N) is 1. The standard InChI is InChI=1S/C26H35NO2/c1-25-13-11-21-19(20(25)9-10-22(25)28)16-18(15-17-7-5-4-6-8-17)24-26(21,2)14-12-23(29)27(24)3/h4-8,12,14,18-22,24,28H,9-11,13,15-16H2,1-3H3/t18-,19-,20-,21-,22-,24+,25-,26+/m0/s1. The molecule has 0 saturated heterocycles. The summed E-state index contributed by atoms with van der Waals surface area (Å²) in [5.74, 6) is 2.48. The van der Waals surface area contributed by atoms with Crippen LogP contribution in [0.3, 0.4) is 0 Å². The molecule has 3 saturated carbocycles. The van der Waals surface area contributed by atoms with Gasteiger partial charge < -0.3 is 10.0 Å². The highest BCUT2D eigenvalue weighted by atomic mass is 16.3. The van der Waals surface area contributed by atoms with Gasteiger partial charge >= 0.3 is 0 Å². The summed E-state index contributed by atoms with van der Waals surface area (Å²) in [6, 6.07) is 11.1. The number of carbonyl (C=O) groups is 1. The maximum atomic E-state index is 12.6. The minimum atomic E-state index is -0.141. The van der Waals surface area contributed by atoms with E-state index in [0.717, 1.165) is 25.7 Å². The topological polar surface area (TPSA) is 40.5 Å². The highest BCUT2D eigenvalue weighted by molar-refractivity contribution is 5.89. The summed E-state index contributed by atoms with van der Waals surface area (Å²) in [6.45, 7) is 4.76. The van der Waals surface area contributed by atoms with Crippen LogP contribution in [0.5, 0.6) is 0 Å². The highest BCUT2D eigenvalue weighted by Crippen LogP contribution is 2.65. The number of hydrogen-bond acceptors (Lipinski definition) is 2. The van der Waals surface area contributed by atoms with Gasteiger partial charge in [-0.3, -0.25) is 4.79 Å². The molecule has 1 amide bonds. The Labute approximate surface area is 175 Å². The molecule has 156 valence electrons. The number of likely N-dealkylation sites (N-methyl/N-ethyl adjacent to an activating group) is 1. The second-order valence-electron chi connectivity index (χ2n) is 10.8. The number of aliphatic hydroxyl groups is 1. The zero-order valence-corrected chi connectivity index (χ0v) is 18.1. The third-order valence-electron chi connectivity index (χ3n) is 9.54. The van der Waals surface area contributed by atoms with Crippen molar-refractivity contribution in [1.82, 2.24) is 4.90 Å². The molecule has 4 aliphatic rings. The van der Waals surface area contributed by atoms with Crippen LogP contribution >= 0.6 is 0 Å². The fraction of sp³-hybridized carbons (Fsp3) is 0.654. The van der Waals surface area contributed by atoms with Gasteiger partial charge in [-0.2, -0.15) is 0 Å². The number of carbonyl (C=O) groups excluding carboxylic acids is 1. The summed E-state index contributed by atoms with van der Waals surface area (Å²) in [4.78, 5) is 14.7. The van der Waals surface area contributed by atoms with E-state index in [1.165, 1.54) is 18.4 Å². The Bertz CT molecular complexity index is 819. The Morgan fingerprint density at radius 1 is 1.10 bits per heavy atom. The maximum Gasteiger partial charge on any atom is 0.246 e. The van der Waals surface area contributed by atoms with E-state index < -0.39 is 0 Å². The van der Waals surface area contributed by atoms with Gasteiger partial charge in [-0.1, -0.05) is 50.3 Å². The summed E-state index contributed by atoms with van der Waals surface area (Å²) in [7, 11) is 2.01. The molecule has 3 nitrogen and oxygen atoms in total. The number of aliphatic hydroxyl groups excluding tert-OH is 1. The van der Waals surface area contributed by atoms with Crippen LogP contribution in [0.4, 0.5) is 0 Å². The summed E-state index contributed by atoms with van der Waals surface area (Å²) >= 11 is 0.